The van der Waals surface area contributed by atoms with Crippen LogP contribution in [0, 0.1) is 46.3 Å². The van der Waals surface area contributed by atoms with Crippen molar-refractivity contribution in [3.05, 3.63) is 112 Å². The Morgan fingerprint density at radius 3 is 1.20 bits per heavy atom. The maximum Gasteiger partial charge on any atom is 0.389 e. The molecule has 40 nitrogen and oxygen atoms in total. The summed E-state index contributed by atoms with van der Waals surface area (Å²) in [6, 6.07) is 15.8. The van der Waals surface area contributed by atoms with Crippen LogP contribution < -0.4 is 30.5 Å². The van der Waals surface area contributed by atoms with E-state index in [4.69, 9.17) is 24.7 Å². The van der Waals surface area contributed by atoms with E-state index in [9.17, 15) is 50.3 Å². The van der Waals surface area contributed by atoms with E-state index in [2.05, 4.69) is 136 Å². The van der Waals surface area contributed by atoms with Crippen molar-refractivity contribution in [2.45, 2.75) is 140 Å². The van der Waals surface area contributed by atoms with E-state index in [1.54, 1.807) is 73.6 Å². The number of ether oxygens (including phenoxy) is 3. The van der Waals surface area contributed by atoms with Crippen LogP contribution in [-0.4, -0.2) is 326 Å². The van der Waals surface area contributed by atoms with Gasteiger partial charge in [0, 0.05) is 195 Å². The number of fused-ring (bicyclic) bond motifs is 6. The smallest absolute Gasteiger partial charge is 0.384 e. The van der Waals surface area contributed by atoms with Gasteiger partial charge in [-0.2, -0.15) is 48.6 Å². The van der Waals surface area contributed by atoms with Crippen molar-refractivity contribution in [2.24, 2.45) is 23.7 Å². The molecule has 6 fully saturated rings. The lowest BCUT2D eigenvalue weighted by atomic mass is 9.93. The summed E-state index contributed by atoms with van der Waals surface area (Å²) in [6.45, 7) is 9.56. The number of thioether (sulfide) groups is 1. The number of aromatic amines is 6. The summed E-state index contributed by atoms with van der Waals surface area (Å²) < 4.78 is 89.3. The fourth-order valence-electron chi connectivity index (χ4n) is 17.8. The minimum absolute atomic E-state index is 0.0305. The normalized spacial score (nSPS) is 19.2. The Hall–Kier alpha value is -12.6. The molecule has 47 heteroatoms. The molecule has 0 amide bonds. The monoisotopic (exact) mass is 1950 g/mol. The average Bonchev–Trinajstić information content (AvgIpc) is 1.74. The number of alkyl halides is 6. The third kappa shape index (κ3) is 28.6. The van der Waals surface area contributed by atoms with Crippen molar-refractivity contribution in [3.8, 4) is 12.1 Å². The number of Topliss-reactive ketones (excluding diaryl/α,β-unsaturated/α-hetero) is 5. The van der Waals surface area contributed by atoms with Crippen LogP contribution in [0.2, 0.25) is 0 Å². The van der Waals surface area contributed by atoms with Gasteiger partial charge in [-0.25, -0.2) is 89.9 Å². The third-order valence-electron chi connectivity index (χ3n) is 25.4. The maximum atomic E-state index is 12.3. The molecule has 139 heavy (non-hydrogen) atoms. The van der Waals surface area contributed by atoms with Crippen LogP contribution in [0.25, 0.3) is 66.2 Å². The molecule has 0 radical (unpaired) electrons. The topological polar surface area (TPSA) is 458 Å². The number of carbonyl (C=O) groups is 5. The fraction of sp³-hybridized carbons (Fsp3) is 0.533. The highest BCUT2D eigenvalue weighted by Gasteiger charge is 2.38. The van der Waals surface area contributed by atoms with Crippen LogP contribution in [0.1, 0.15) is 116 Å². The van der Waals surface area contributed by atoms with Gasteiger partial charge in [-0.3, -0.25) is 49.0 Å². The van der Waals surface area contributed by atoms with Crippen LogP contribution in [-0.2, 0) is 38.2 Å². The summed E-state index contributed by atoms with van der Waals surface area (Å²) in [6.07, 6.45) is 20.0. The standard InChI is InChI=1S/C17H22N6O.C16H23N5O2.C16H23N5OS.C15H18F3N5O2.C14H16F3N5O2.C14H18N6/c1-22(17-15-7-9-19-16(15)20-12-21-17)23-10-2-3-13(11-23)4-5-14(24)6-8-18;2*1-20(16-13-5-7-17-15(13)18-11-19-16)21-8-3-4-12(10-21)14(22)6-9-23-2;1-22(14-10-3-5-19-13(10)20-9-21-14)23-6-7-25-12(8-23)11(24)2-4-15(16,17)18;15-14(16,17)3-1-10(23)11-7-22(5-6-24-11)21-13-9-2-4-18-12(9)19-8-20-13;1-19(20-8-2-3-11(9-20)4-6-15)14-12-5-7-16-13(12)17-10-18-14/h7,9,12-13H,2-6,10-11H2,1H3,(H,19,20,21);2*5,7,11-12H,3-4,6,8-10H2,1-2H3,(H,17,18,19);3,5,9,12H,2,4,6-8H2,1H3,(H,19,20,21);2,4,8,11H,1,3,5-7H2,(H2,18,19,20,21);5,7,10-11H,2-4,8-9H2,1H3,(H,16,17,18). The van der Waals surface area contributed by atoms with Gasteiger partial charge in [0.25, 0.3) is 0 Å². The quantitative estimate of drug-likeness (QED) is 0.0198. The maximum absolute atomic E-state index is 12.3. The first kappa shape index (κ1) is 104. The Morgan fingerprint density at radius 1 is 0.439 bits per heavy atom. The summed E-state index contributed by atoms with van der Waals surface area (Å²) in [4.78, 5) is 130. The first-order chi connectivity index (χ1) is 67.2. The number of rotatable bonds is 31. The molecule has 12 aromatic rings. The molecule has 6 atom stereocenters. The SMILES string of the molecule is CN(c1ncnc2[nH]ccc12)N1CCCC(CC#N)C1.CN(c1ncnc2[nH]ccc12)N1CCCC(CCC(=O)CC#N)C1.CN(c1ncnc2[nH]ccc12)N1CCOC(C(=O)CCC(F)(F)F)C1.COCCC(=O)C1CCCN(N(C)c2ncnc3[nH]ccc23)C1.CSCCC(=O)C1CCCN(N(C)c2ncnc3[nH]ccc23)C1.O=C(CCC(F)(F)F)C1CN(Nc2ncnc3[nH]ccc23)CCO1. The van der Waals surface area contributed by atoms with Gasteiger partial charge in [-0.15, -0.1) is 0 Å². The van der Waals surface area contributed by atoms with E-state index in [-0.39, 0.29) is 50.3 Å². The zero-order chi connectivity index (χ0) is 98.5. The highest BCUT2D eigenvalue weighted by molar-refractivity contribution is 7.98. The zero-order valence-electron chi connectivity index (χ0n) is 79.0. The second kappa shape index (κ2) is 50.3. The van der Waals surface area contributed by atoms with Gasteiger partial charge in [0.2, 0.25) is 0 Å². The molecule has 0 saturated carbocycles. The number of methoxy groups -OCH3 is 1. The molecule has 0 spiro atoms. The van der Waals surface area contributed by atoms with Crippen molar-refractivity contribution < 1.29 is 64.5 Å². The summed E-state index contributed by atoms with van der Waals surface area (Å²) in [7, 11) is 11.5. The van der Waals surface area contributed by atoms with E-state index in [0.29, 0.717) is 91.7 Å². The van der Waals surface area contributed by atoms with Crippen molar-refractivity contribution >= 4 is 142 Å². The molecule has 0 aliphatic carbocycles. The van der Waals surface area contributed by atoms with Crippen molar-refractivity contribution in [2.75, 3.05) is 183 Å². The summed E-state index contributed by atoms with van der Waals surface area (Å²) in [5, 5.41) is 45.7. The predicted molar refractivity (Wildman–Crippen MR) is 514 cm³/mol. The molecule has 0 aromatic carbocycles. The Balaban J connectivity index is 0.000000141. The highest BCUT2D eigenvalue weighted by atomic mass is 32.2. The van der Waals surface area contributed by atoms with Crippen molar-refractivity contribution in [1.29, 1.82) is 10.5 Å². The second-order valence-corrected chi connectivity index (χ2v) is 35.6. The van der Waals surface area contributed by atoms with E-state index in [1.807, 2.05) is 112 Å². The van der Waals surface area contributed by atoms with Crippen LogP contribution in [0.15, 0.2) is 112 Å². The lowest BCUT2D eigenvalue weighted by Gasteiger charge is -2.39. The number of piperidine rings is 4. The van der Waals surface area contributed by atoms with Gasteiger partial charge in [0.05, 0.1) is 96.6 Å². The second-order valence-electron chi connectivity index (χ2n) is 34.7. The number of anilines is 6. The highest BCUT2D eigenvalue weighted by Crippen LogP contribution is 2.35. The number of morpholine rings is 2. The van der Waals surface area contributed by atoms with Gasteiger partial charge >= 0.3 is 12.4 Å². The number of carbonyl (C=O) groups excluding carboxylic acids is 5. The third-order valence-corrected chi connectivity index (χ3v) is 26.0. The molecule has 6 aliphatic heterocycles. The van der Waals surface area contributed by atoms with Crippen LogP contribution in [0.4, 0.5) is 61.2 Å². The van der Waals surface area contributed by atoms with Gasteiger partial charge < -0.3 is 49.5 Å². The number of nitrogens with zero attached hydrogens (tertiary/aromatic N) is 25. The van der Waals surface area contributed by atoms with Crippen LogP contribution in [0.3, 0.4) is 0 Å². The molecule has 18 heterocycles. The summed E-state index contributed by atoms with van der Waals surface area (Å²) >= 11 is 1.74. The Bertz CT molecular complexity index is 5950. The molecular formula is C92H120F6N32O8S. The van der Waals surface area contributed by atoms with E-state index < -0.39 is 61.8 Å². The van der Waals surface area contributed by atoms with Crippen LogP contribution in [0.5, 0.6) is 0 Å². The molecule has 744 valence electrons. The molecule has 12 aromatic heterocycles. The fourth-order valence-corrected chi connectivity index (χ4v) is 18.2. The van der Waals surface area contributed by atoms with Crippen molar-refractivity contribution in [3.63, 3.8) is 0 Å². The molecule has 7 N–H and O–H groups in total. The van der Waals surface area contributed by atoms with Gasteiger partial charge in [0.15, 0.2) is 46.5 Å². The summed E-state index contributed by atoms with van der Waals surface area (Å²) in [5.74, 6) is 6.47. The number of H-pyrrole nitrogens is 6. The molecule has 18 rings (SSSR count). The lowest BCUT2D eigenvalue weighted by molar-refractivity contribution is -0.151. The largest absolute Gasteiger partial charge is 0.389 e. The minimum Gasteiger partial charge on any atom is -0.384 e. The molecule has 6 saturated heterocycles. The number of nitriles is 2. The zero-order valence-corrected chi connectivity index (χ0v) is 79.8. The van der Waals surface area contributed by atoms with Gasteiger partial charge in [-0.1, -0.05) is 0 Å². The number of hydrogen-bond acceptors (Lipinski definition) is 35. The number of halogens is 6. The average molecular weight is 1950 g/mol. The van der Waals surface area contributed by atoms with E-state index in [0.717, 1.165) is 194 Å². The summed E-state index contributed by atoms with van der Waals surface area (Å²) in [5.41, 5.74) is 7.78. The van der Waals surface area contributed by atoms with Gasteiger partial charge in [-0.05, 0) is 118 Å². The minimum atomic E-state index is -4.35. The predicted octanol–water partition coefficient (Wildman–Crippen LogP) is 12.0. The molecule has 6 aliphatic rings. The Morgan fingerprint density at radius 2 is 0.799 bits per heavy atom. The first-order valence-electron chi connectivity index (χ1n) is 46.5. The Kier molecular flexibility index (Phi) is 37.6. The van der Waals surface area contributed by atoms with E-state index in [1.165, 1.54) is 12.7 Å². The molecule has 0 bridgehead atoms. The number of aromatic nitrogens is 18. The number of nitrogens with one attached hydrogen (secondary N) is 7. The van der Waals surface area contributed by atoms with E-state index >= 15 is 0 Å². The Labute approximate surface area is 803 Å². The van der Waals surface area contributed by atoms with Crippen molar-refractivity contribution in [1.82, 2.24) is 120 Å². The molecule has 6 unspecified atom stereocenters. The van der Waals surface area contributed by atoms with Gasteiger partial charge in [0.1, 0.15) is 101 Å². The number of ketones is 5. The molecular weight excluding hydrogens is 1830 g/mol. The first-order valence-corrected chi connectivity index (χ1v) is 47.9. The van der Waals surface area contributed by atoms with Crippen LogP contribution >= 0.6 is 11.8 Å². The number of hydrazine groups is 6. The number of hydrogen-bond donors (Lipinski definition) is 7. The lowest BCUT2D eigenvalue weighted by Crippen LogP contribution is -2.53.